The summed E-state index contributed by atoms with van der Waals surface area (Å²) < 4.78 is 23.5. The Morgan fingerprint density at radius 3 is 2.24 bits per heavy atom. The lowest BCUT2D eigenvalue weighted by molar-refractivity contribution is 0.357. The third kappa shape index (κ3) is 3.44. The molecule has 0 radical (unpaired) electrons. The maximum atomic E-state index is 12.1. The van der Waals surface area contributed by atoms with Gasteiger partial charge in [-0.05, 0) is 58.9 Å². The second-order valence-electron chi connectivity index (χ2n) is 6.31. The van der Waals surface area contributed by atoms with Crippen LogP contribution in [0.1, 0.15) is 47.0 Å². The predicted octanol–water partition coefficient (Wildman–Crippen LogP) is 2.22. The van der Waals surface area contributed by atoms with Gasteiger partial charge in [0.1, 0.15) is 0 Å². The van der Waals surface area contributed by atoms with Gasteiger partial charge in [0.2, 0.25) is 0 Å². The highest BCUT2D eigenvalue weighted by Crippen LogP contribution is 2.34. The standard InChI is InChI=1S/C13H27NO2S/c1-10-11(6-7-12(10)14-5)8-9-17(15,16)13(2,3)4/h10-12,14H,6-9H2,1-5H3. The van der Waals surface area contributed by atoms with Gasteiger partial charge < -0.3 is 5.32 Å². The SMILES string of the molecule is CNC1CCC(CCS(=O)(=O)C(C)(C)C)C1C. The number of nitrogens with one attached hydrogen (secondary N) is 1. The van der Waals surface area contributed by atoms with E-state index in [0.717, 1.165) is 12.8 Å². The molecule has 17 heavy (non-hydrogen) atoms. The third-order valence-corrected chi connectivity index (χ3v) is 6.93. The van der Waals surface area contributed by atoms with Crippen molar-refractivity contribution in [1.82, 2.24) is 5.32 Å². The minimum absolute atomic E-state index is 0.335. The normalized spacial score (nSPS) is 30.8. The van der Waals surface area contributed by atoms with Crippen molar-refractivity contribution < 1.29 is 8.42 Å². The topological polar surface area (TPSA) is 46.2 Å². The lowest BCUT2D eigenvalue weighted by atomic mass is 9.93. The minimum Gasteiger partial charge on any atom is -0.317 e. The van der Waals surface area contributed by atoms with Gasteiger partial charge in [0, 0.05) is 6.04 Å². The van der Waals surface area contributed by atoms with Crippen molar-refractivity contribution in [2.24, 2.45) is 11.8 Å². The first kappa shape index (κ1) is 15.0. The molecule has 0 aliphatic heterocycles. The van der Waals surface area contributed by atoms with Gasteiger partial charge in [-0.15, -0.1) is 0 Å². The van der Waals surface area contributed by atoms with Crippen LogP contribution in [-0.2, 0) is 9.84 Å². The van der Waals surface area contributed by atoms with Crippen molar-refractivity contribution in [3.05, 3.63) is 0 Å². The zero-order valence-corrected chi connectivity index (χ0v) is 12.6. The van der Waals surface area contributed by atoms with E-state index < -0.39 is 14.6 Å². The molecule has 0 spiro atoms. The average molecular weight is 261 g/mol. The van der Waals surface area contributed by atoms with Crippen LogP contribution in [0.4, 0.5) is 0 Å². The summed E-state index contributed by atoms with van der Waals surface area (Å²) in [5.74, 6) is 1.49. The van der Waals surface area contributed by atoms with Crippen molar-refractivity contribution in [2.45, 2.75) is 57.7 Å². The van der Waals surface area contributed by atoms with Gasteiger partial charge in [-0.3, -0.25) is 0 Å². The summed E-state index contributed by atoms with van der Waals surface area (Å²) in [6.07, 6.45) is 3.16. The molecule has 0 aromatic carbocycles. The smallest absolute Gasteiger partial charge is 0.155 e. The van der Waals surface area contributed by atoms with Crippen LogP contribution in [0.2, 0.25) is 0 Å². The summed E-state index contributed by atoms with van der Waals surface area (Å²) in [7, 11) is -0.958. The summed E-state index contributed by atoms with van der Waals surface area (Å²) in [5.41, 5.74) is 0. The fourth-order valence-electron chi connectivity index (χ4n) is 2.68. The van der Waals surface area contributed by atoms with Crippen molar-refractivity contribution in [1.29, 1.82) is 0 Å². The van der Waals surface area contributed by atoms with Crippen LogP contribution in [0, 0.1) is 11.8 Å². The van der Waals surface area contributed by atoms with E-state index in [1.165, 1.54) is 6.42 Å². The number of hydrogen-bond acceptors (Lipinski definition) is 3. The Bertz CT molecular complexity index is 343. The maximum Gasteiger partial charge on any atom is 0.155 e. The molecule has 3 nitrogen and oxygen atoms in total. The zero-order valence-electron chi connectivity index (χ0n) is 11.8. The molecule has 0 saturated heterocycles. The maximum absolute atomic E-state index is 12.1. The first-order valence-corrected chi connectivity index (χ1v) is 8.24. The largest absolute Gasteiger partial charge is 0.317 e. The molecule has 4 heteroatoms. The highest BCUT2D eigenvalue weighted by atomic mass is 32.2. The highest BCUT2D eigenvalue weighted by Gasteiger charge is 2.34. The molecule has 1 aliphatic rings. The Labute approximate surface area is 106 Å². The van der Waals surface area contributed by atoms with E-state index in [-0.39, 0.29) is 0 Å². The number of sulfone groups is 1. The minimum atomic E-state index is -2.95. The first-order valence-electron chi connectivity index (χ1n) is 6.58. The molecule has 1 saturated carbocycles. The summed E-state index contributed by atoms with van der Waals surface area (Å²) in [5, 5.41) is 3.32. The highest BCUT2D eigenvalue weighted by molar-refractivity contribution is 7.92. The summed E-state index contributed by atoms with van der Waals surface area (Å²) in [6.45, 7) is 7.60. The fraction of sp³-hybridized carbons (Fsp3) is 1.00. The zero-order chi connectivity index (χ0) is 13.3. The lowest BCUT2D eigenvalue weighted by Crippen LogP contribution is -2.33. The van der Waals surface area contributed by atoms with Crippen LogP contribution < -0.4 is 5.32 Å². The second kappa shape index (κ2) is 5.27. The molecule has 1 aliphatic carbocycles. The Hall–Kier alpha value is -0.0900. The summed E-state index contributed by atoms with van der Waals surface area (Å²) in [4.78, 5) is 0. The van der Waals surface area contributed by atoms with Crippen LogP contribution in [0.3, 0.4) is 0 Å². The Kier molecular flexibility index (Phi) is 4.64. The van der Waals surface area contributed by atoms with Crippen molar-refractivity contribution in [2.75, 3.05) is 12.8 Å². The summed E-state index contributed by atoms with van der Waals surface area (Å²) in [6, 6.07) is 0.567. The molecule has 1 fully saturated rings. The molecule has 1 N–H and O–H groups in total. The second-order valence-corrected chi connectivity index (χ2v) is 9.17. The molecule has 3 atom stereocenters. The van der Waals surface area contributed by atoms with E-state index in [1.54, 1.807) is 20.8 Å². The van der Waals surface area contributed by atoms with Gasteiger partial charge >= 0.3 is 0 Å². The van der Waals surface area contributed by atoms with E-state index in [4.69, 9.17) is 0 Å². The molecule has 3 unspecified atom stereocenters. The molecule has 102 valence electrons. The van der Waals surface area contributed by atoms with E-state index in [9.17, 15) is 8.42 Å². The third-order valence-electron chi connectivity index (χ3n) is 4.29. The van der Waals surface area contributed by atoms with E-state index in [1.807, 2.05) is 7.05 Å². The van der Waals surface area contributed by atoms with Gasteiger partial charge in [-0.25, -0.2) is 8.42 Å². The van der Waals surface area contributed by atoms with Crippen LogP contribution in [-0.4, -0.2) is 32.0 Å². The van der Waals surface area contributed by atoms with Crippen LogP contribution in [0.5, 0.6) is 0 Å². The Balaban J connectivity index is 2.53. The van der Waals surface area contributed by atoms with E-state index in [0.29, 0.717) is 23.6 Å². The Morgan fingerprint density at radius 2 is 1.82 bits per heavy atom. The van der Waals surface area contributed by atoms with Gasteiger partial charge in [0.05, 0.1) is 10.5 Å². The monoisotopic (exact) mass is 261 g/mol. The van der Waals surface area contributed by atoms with Crippen LogP contribution in [0.15, 0.2) is 0 Å². The van der Waals surface area contributed by atoms with Crippen molar-refractivity contribution in [3.63, 3.8) is 0 Å². The molecule has 0 bridgehead atoms. The van der Waals surface area contributed by atoms with Crippen LogP contribution in [0.25, 0.3) is 0 Å². The molecule has 0 heterocycles. The number of hydrogen-bond donors (Lipinski definition) is 1. The van der Waals surface area contributed by atoms with Gasteiger partial charge in [-0.1, -0.05) is 6.92 Å². The molecular formula is C13H27NO2S. The summed E-state index contributed by atoms with van der Waals surface area (Å²) >= 11 is 0. The molecule has 0 amide bonds. The van der Waals surface area contributed by atoms with Crippen molar-refractivity contribution >= 4 is 9.84 Å². The number of rotatable bonds is 4. The molecule has 0 aromatic rings. The molecule has 1 rings (SSSR count). The van der Waals surface area contributed by atoms with Crippen molar-refractivity contribution in [3.8, 4) is 0 Å². The predicted molar refractivity (Wildman–Crippen MR) is 72.9 cm³/mol. The van der Waals surface area contributed by atoms with E-state index >= 15 is 0 Å². The average Bonchev–Trinajstić information content (AvgIpc) is 2.55. The van der Waals surface area contributed by atoms with Gasteiger partial charge in [0.25, 0.3) is 0 Å². The Morgan fingerprint density at radius 1 is 1.24 bits per heavy atom. The molecule has 0 aromatic heterocycles. The first-order chi connectivity index (χ1) is 7.69. The van der Waals surface area contributed by atoms with Gasteiger partial charge in [0.15, 0.2) is 9.84 Å². The van der Waals surface area contributed by atoms with E-state index in [2.05, 4.69) is 12.2 Å². The van der Waals surface area contributed by atoms with Crippen LogP contribution >= 0.6 is 0 Å². The fourth-order valence-corrected chi connectivity index (χ4v) is 3.90. The van der Waals surface area contributed by atoms with Gasteiger partial charge in [-0.2, -0.15) is 0 Å². The molecular weight excluding hydrogens is 234 g/mol. The lowest BCUT2D eigenvalue weighted by Gasteiger charge is -2.23. The quantitative estimate of drug-likeness (QED) is 0.844.